The molecule has 1 N–H and O–H groups in total. The van der Waals surface area contributed by atoms with Gasteiger partial charge in [-0.1, -0.05) is 23.7 Å². The van der Waals surface area contributed by atoms with Crippen LogP contribution in [0.15, 0.2) is 35.3 Å². The number of H-pyrrole nitrogens is 1. The second-order valence-electron chi connectivity index (χ2n) is 3.47. The van der Waals surface area contributed by atoms with Crippen LogP contribution in [0.3, 0.4) is 0 Å². The summed E-state index contributed by atoms with van der Waals surface area (Å²) in [6.07, 6.45) is 1.71. The Kier molecular flexibility index (Phi) is 2.64. The van der Waals surface area contributed by atoms with Crippen LogP contribution in [0.2, 0.25) is 5.02 Å². The molecule has 0 atom stereocenters. The van der Waals surface area contributed by atoms with Gasteiger partial charge in [-0.15, -0.1) is 0 Å². The molecule has 2 rings (SSSR count). The third-order valence-electron chi connectivity index (χ3n) is 2.27. The van der Waals surface area contributed by atoms with Gasteiger partial charge in [-0.25, -0.2) is 4.68 Å². The largest absolute Gasteiger partial charge is 0.302 e. The summed E-state index contributed by atoms with van der Waals surface area (Å²) >= 11 is 5.77. The minimum absolute atomic E-state index is 0.0185. The van der Waals surface area contributed by atoms with Crippen LogP contribution < -0.4 is 5.56 Å². The first-order valence-corrected chi connectivity index (χ1v) is 5.04. The molecule has 4 heteroatoms. The van der Waals surface area contributed by atoms with E-state index in [2.05, 4.69) is 5.10 Å². The lowest BCUT2D eigenvalue weighted by atomic mass is 10.2. The van der Waals surface area contributed by atoms with Crippen LogP contribution in [0.1, 0.15) is 11.1 Å². The van der Waals surface area contributed by atoms with Crippen LogP contribution in [0, 0.1) is 6.92 Å². The van der Waals surface area contributed by atoms with Crippen molar-refractivity contribution in [1.29, 1.82) is 0 Å². The molecular weight excluding hydrogens is 212 g/mol. The Labute approximate surface area is 92.3 Å². The lowest BCUT2D eigenvalue weighted by Gasteiger charge is -2.01. The van der Waals surface area contributed by atoms with Crippen molar-refractivity contribution >= 4 is 11.6 Å². The summed E-state index contributed by atoms with van der Waals surface area (Å²) in [5.74, 6) is 0. The van der Waals surface area contributed by atoms with E-state index in [0.717, 1.165) is 11.1 Å². The highest BCUT2D eigenvalue weighted by Gasteiger charge is 2.01. The van der Waals surface area contributed by atoms with Crippen molar-refractivity contribution in [2.45, 2.75) is 13.5 Å². The quantitative estimate of drug-likeness (QED) is 0.831. The molecule has 1 heterocycles. The monoisotopic (exact) mass is 222 g/mol. The number of benzene rings is 1. The molecule has 78 valence electrons. The van der Waals surface area contributed by atoms with Crippen molar-refractivity contribution in [2.24, 2.45) is 0 Å². The van der Waals surface area contributed by atoms with Gasteiger partial charge in [0.05, 0.1) is 6.54 Å². The number of aromatic nitrogens is 2. The molecule has 0 aliphatic carbocycles. The first-order chi connectivity index (χ1) is 7.16. The number of hydrogen-bond acceptors (Lipinski definition) is 1. The fourth-order valence-electron chi connectivity index (χ4n) is 1.40. The standard InChI is InChI=1S/C11H11ClN2O/c1-8-6-13-14(11(8)15)7-9-2-4-10(12)5-3-9/h2-6,13H,7H2,1H3. The Morgan fingerprint density at radius 2 is 2.00 bits per heavy atom. The summed E-state index contributed by atoms with van der Waals surface area (Å²) in [7, 11) is 0. The minimum atomic E-state index is 0.0185. The zero-order valence-corrected chi connectivity index (χ0v) is 9.08. The summed E-state index contributed by atoms with van der Waals surface area (Å²) in [6.45, 7) is 2.33. The molecule has 1 aromatic carbocycles. The molecule has 0 spiro atoms. The van der Waals surface area contributed by atoms with Crippen molar-refractivity contribution in [2.75, 3.05) is 0 Å². The maximum Gasteiger partial charge on any atom is 0.269 e. The van der Waals surface area contributed by atoms with Gasteiger partial charge in [0.15, 0.2) is 0 Å². The van der Waals surface area contributed by atoms with E-state index in [4.69, 9.17) is 11.6 Å². The Bertz CT molecular complexity index is 510. The molecule has 1 aromatic heterocycles. The molecule has 0 bridgehead atoms. The van der Waals surface area contributed by atoms with Crippen LogP contribution in [-0.2, 0) is 6.54 Å². The maximum absolute atomic E-state index is 11.5. The van der Waals surface area contributed by atoms with Gasteiger partial charge < -0.3 is 5.10 Å². The van der Waals surface area contributed by atoms with E-state index in [9.17, 15) is 4.79 Å². The number of rotatable bonds is 2. The zero-order chi connectivity index (χ0) is 10.8. The van der Waals surface area contributed by atoms with Crippen LogP contribution in [0.4, 0.5) is 0 Å². The van der Waals surface area contributed by atoms with E-state index in [1.165, 1.54) is 0 Å². The van der Waals surface area contributed by atoms with Crippen molar-refractivity contribution in [3.05, 3.63) is 57.0 Å². The maximum atomic E-state index is 11.5. The number of halogens is 1. The van der Waals surface area contributed by atoms with Gasteiger partial charge in [0, 0.05) is 16.8 Å². The smallest absolute Gasteiger partial charge is 0.269 e. The van der Waals surface area contributed by atoms with Gasteiger partial charge in [0.1, 0.15) is 0 Å². The number of nitrogens with zero attached hydrogens (tertiary/aromatic N) is 1. The molecule has 2 aromatic rings. The highest BCUT2D eigenvalue weighted by molar-refractivity contribution is 6.30. The molecule has 0 saturated carbocycles. The third-order valence-corrected chi connectivity index (χ3v) is 2.53. The van der Waals surface area contributed by atoms with Gasteiger partial charge in [-0.3, -0.25) is 4.79 Å². The molecule has 0 aliphatic rings. The molecule has 0 amide bonds. The topological polar surface area (TPSA) is 37.8 Å². The van der Waals surface area contributed by atoms with Crippen molar-refractivity contribution < 1.29 is 0 Å². The molecular formula is C11H11ClN2O. The van der Waals surface area contributed by atoms with Crippen molar-refractivity contribution in [1.82, 2.24) is 9.78 Å². The summed E-state index contributed by atoms with van der Waals surface area (Å²) in [4.78, 5) is 11.5. The Morgan fingerprint density at radius 3 is 2.53 bits per heavy atom. The Morgan fingerprint density at radius 1 is 1.33 bits per heavy atom. The highest BCUT2D eigenvalue weighted by Crippen LogP contribution is 2.09. The van der Waals surface area contributed by atoms with Gasteiger partial charge in [0.2, 0.25) is 0 Å². The number of hydrogen-bond donors (Lipinski definition) is 1. The summed E-state index contributed by atoms with van der Waals surface area (Å²) < 4.78 is 1.57. The number of aryl methyl sites for hydroxylation is 1. The number of nitrogens with one attached hydrogen (secondary N) is 1. The molecule has 15 heavy (non-hydrogen) atoms. The van der Waals surface area contributed by atoms with E-state index in [1.807, 2.05) is 24.3 Å². The Hall–Kier alpha value is -1.48. The van der Waals surface area contributed by atoms with E-state index in [1.54, 1.807) is 17.8 Å². The molecule has 0 aliphatic heterocycles. The van der Waals surface area contributed by atoms with E-state index in [-0.39, 0.29) is 5.56 Å². The van der Waals surface area contributed by atoms with E-state index < -0.39 is 0 Å². The van der Waals surface area contributed by atoms with Gasteiger partial charge in [-0.05, 0) is 24.6 Å². The summed E-state index contributed by atoms with van der Waals surface area (Å²) in [5.41, 5.74) is 1.79. The first kappa shape index (κ1) is 10.1. The third kappa shape index (κ3) is 2.13. The predicted molar refractivity (Wildman–Crippen MR) is 60.3 cm³/mol. The fourth-order valence-corrected chi connectivity index (χ4v) is 1.52. The molecule has 0 radical (unpaired) electrons. The minimum Gasteiger partial charge on any atom is -0.302 e. The average molecular weight is 223 g/mol. The molecule has 0 fully saturated rings. The summed E-state index contributed by atoms with van der Waals surface area (Å²) in [6, 6.07) is 7.45. The van der Waals surface area contributed by atoms with Gasteiger partial charge in [-0.2, -0.15) is 0 Å². The lowest BCUT2D eigenvalue weighted by molar-refractivity contribution is 0.663. The SMILES string of the molecule is Cc1c[nH]n(Cc2ccc(Cl)cc2)c1=O. The van der Waals surface area contributed by atoms with Crippen LogP contribution in [0.25, 0.3) is 0 Å². The van der Waals surface area contributed by atoms with Crippen LogP contribution >= 0.6 is 11.6 Å². The first-order valence-electron chi connectivity index (χ1n) is 4.66. The predicted octanol–water partition coefficient (Wildman–Crippen LogP) is 2.19. The molecule has 0 saturated heterocycles. The molecule has 0 unspecified atom stereocenters. The average Bonchev–Trinajstić information content (AvgIpc) is 2.53. The second-order valence-corrected chi connectivity index (χ2v) is 3.91. The Balaban J connectivity index is 2.26. The van der Waals surface area contributed by atoms with Crippen molar-refractivity contribution in [3.8, 4) is 0 Å². The number of aromatic amines is 1. The molecule has 3 nitrogen and oxygen atoms in total. The normalized spacial score (nSPS) is 10.5. The van der Waals surface area contributed by atoms with Gasteiger partial charge in [0.25, 0.3) is 5.56 Å². The van der Waals surface area contributed by atoms with Crippen LogP contribution in [-0.4, -0.2) is 9.78 Å². The van der Waals surface area contributed by atoms with Crippen molar-refractivity contribution in [3.63, 3.8) is 0 Å². The fraction of sp³-hybridized carbons (Fsp3) is 0.182. The van der Waals surface area contributed by atoms with E-state index in [0.29, 0.717) is 11.6 Å². The van der Waals surface area contributed by atoms with Gasteiger partial charge >= 0.3 is 0 Å². The second kappa shape index (κ2) is 3.95. The highest BCUT2D eigenvalue weighted by atomic mass is 35.5. The zero-order valence-electron chi connectivity index (χ0n) is 8.33. The summed E-state index contributed by atoms with van der Waals surface area (Å²) in [5, 5.41) is 3.61. The lowest BCUT2D eigenvalue weighted by Crippen LogP contribution is -2.18. The van der Waals surface area contributed by atoms with E-state index >= 15 is 0 Å². The van der Waals surface area contributed by atoms with Crippen LogP contribution in [0.5, 0.6) is 0 Å².